The van der Waals surface area contributed by atoms with E-state index in [-0.39, 0.29) is 5.02 Å². The Morgan fingerprint density at radius 1 is 1.24 bits per heavy atom. The van der Waals surface area contributed by atoms with Gasteiger partial charge in [-0.1, -0.05) is 41.9 Å². The second-order valence-electron chi connectivity index (χ2n) is 4.56. The molecule has 0 aliphatic rings. The molecule has 0 spiro atoms. The average Bonchev–Trinajstić information content (AvgIpc) is 2.49. The Kier molecular flexibility index (Phi) is 5.53. The number of rotatable bonds is 4. The van der Waals surface area contributed by atoms with Gasteiger partial charge in [-0.15, -0.1) is 0 Å². The van der Waals surface area contributed by atoms with Gasteiger partial charge in [0.15, 0.2) is 5.11 Å². The molecule has 2 aromatic rings. The lowest BCUT2D eigenvalue weighted by Crippen LogP contribution is -2.34. The summed E-state index contributed by atoms with van der Waals surface area (Å²) in [5, 5.41) is 3.75. The van der Waals surface area contributed by atoms with E-state index in [0.717, 1.165) is 13.1 Å². The van der Waals surface area contributed by atoms with Crippen LogP contribution in [0.3, 0.4) is 0 Å². The van der Waals surface area contributed by atoms with E-state index in [0.29, 0.717) is 10.8 Å². The molecule has 0 atom stereocenters. The lowest BCUT2D eigenvalue weighted by molar-refractivity contribution is 0.442. The van der Waals surface area contributed by atoms with Crippen LogP contribution in [0.2, 0.25) is 5.02 Å². The molecule has 0 fully saturated rings. The zero-order chi connectivity index (χ0) is 15.2. The molecule has 5 heteroatoms. The van der Waals surface area contributed by atoms with Crippen LogP contribution in [0, 0.1) is 5.82 Å². The lowest BCUT2D eigenvalue weighted by atomic mass is 10.2. The maximum Gasteiger partial charge on any atom is 0.173 e. The second kappa shape index (κ2) is 7.38. The van der Waals surface area contributed by atoms with Gasteiger partial charge in [0, 0.05) is 18.8 Å². The third kappa shape index (κ3) is 4.41. The molecular formula is C16H16ClFN2S. The van der Waals surface area contributed by atoms with Crippen molar-refractivity contribution in [1.82, 2.24) is 4.90 Å². The van der Waals surface area contributed by atoms with Gasteiger partial charge in [0.1, 0.15) is 5.82 Å². The van der Waals surface area contributed by atoms with Crippen molar-refractivity contribution >= 4 is 34.6 Å². The summed E-state index contributed by atoms with van der Waals surface area (Å²) in [6.07, 6.45) is 0. The quantitative estimate of drug-likeness (QED) is 0.821. The number of halogens is 2. The summed E-state index contributed by atoms with van der Waals surface area (Å²) in [7, 11) is 0. The van der Waals surface area contributed by atoms with Crippen molar-refractivity contribution in [2.45, 2.75) is 13.5 Å². The largest absolute Gasteiger partial charge is 0.345 e. The maximum atomic E-state index is 13.1. The van der Waals surface area contributed by atoms with Crippen molar-refractivity contribution in [3.05, 3.63) is 64.9 Å². The highest BCUT2D eigenvalue weighted by Gasteiger charge is 2.09. The summed E-state index contributed by atoms with van der Waals surface area (Å²) in [4.78, 5) is 2.03. The van der Waals surface area contributed by atoms with Crippen molar-refractivity contribution in [1.29, 1.82) is 0 Å². The predicted molar refractivity (Wildman–Crippen MR) is 90.2 cm³/mol. The topological polar surface area (TPSA) is 15.3 Å². The van der Waals surface area contributed by atoms with E-state index >= 15 is 0 Å². The number of anilines is 1. The summed E-state index contributed by atoms with van der Waals surface area (Å²) < 4.78 is 13.1. The highest BCUT2D eigenvalue weighted by Crippen LogP contribution is 2.20. The predicted octanol–water partition coefficient (Wildman–Crippen LogP) is 4.70. The zero-order valence-corrected chi connectivity index (χ0v) is 13.2. The minimum atomic E-state index is -0.440. The van der Waals surface area contributed by atoms with Crippen molar-refractivity contribution in [3.63, 3.8) is 0 Å². The Morgan fingerprint density at radius 2 is 1.95 bits per heavy atom. The number of hydrogen-bond donors (Lipinski definition) is 1. The highest BCUT2D eigenvalue weighted by atomic mass is 35.5. The average molecular weight is 323 g/mol. The fourth-order valence-electron chi connectivity index (χ4n) is 1.91. The highest BCUT2D eigenvalue weighted by molar-refractivity contribution is 7.80. The van der Waals surface area contributed by atoms with E-state index in [1.54, 1.807) is 6.07 Å². The van der Waals surface area contributed by atoms with Crippen LogP contribution in [-0.4, -0.2) is 16.6 Å². The third-order valence-corrected chi connectivity index (χ3v) is 3.71. The van der Waals surface area contributed by atoms with Crippen LogP contribution in [0.15, 0.2) is 48.5 Å². The van der Waals surface area contributed by atoms with Gasteiger partial charge < -0.3 is 10.2 Å². The molecule has 0 saturated carbocycles. The Bertz CT molecular complexity index is 619. The molecule has 0 aliphatic heterocycles. The molecule has 0 unspecified atom stereocenters. The maximum absolute atomic E-state index is 13.1. The Hall–Kier alpha value is -1.65. The van der Waals surface area contributed by atoms with Crippen molar-refractivity contribution in [2.24, 2.45) is 0 Å². The first-order valence-corrected chi connectivity index (χ1v) is 7.43. The summed E-state index contributed by atoms with van der Waals surface area (Å²) in [5.41, 5.74) is 1.86. The first-order chi connectivity index (χ1) is 10.1. The van der Waals surface area contributed by atoms with Crippen LogP contribution in [0.25, 0.3) is 0 Å². The van der Waals surface area contributed by atoms with E-state index in [4.69, 9.17) is 23.8 Å². The number of thiocarbonyl (C=S) groups is 1. The van der Waals surface area contributed by atoms with Crippen molar-refractivity contribution < 1.29 is 4.39 Å². The molecular weight excluding hydrogens is 307 g/mol. The number of hydrogen-bond acceptors (Lipinski definition) is 1. The van der Waals surface area contributed by atoms with Gasteiger partial charge in [0.25, 0.3) is 0 Å². The molecule has 2 nitrogen and oxygen atoms in total. The van der Waals surface area contributed by atoms with E-state index in [2.05, 4.69) is 17.4 Å². The fraction of sp³-hybridized carbons (Fsp3) is 0.188. The number of nitrogens with one attached hydrogen (secondary N) is 1. The van der Waals surface area contributed by atoms with E-state index in [9.17, 15) is 4.39 Å². The molecule has 0 saturated heterocycles. The standard InChI is InChI=1S/C16H16ClFN2S/c1-2-20(11-12-6-4-3-5-7-12)16(21)19-13-8-9-15(18)14(17)10-13/h3-10H,2,11H2,1H3,(H,19,21). The van der Waals surface area contributed by atoms with Crippen molar-refractivity contribution in [2.75, 3.05) is 11.9 Å². The molecule has 1 N–H and O–H groups in total. The van der Waals surface area contributed by atoms with E-state index in [1.807, 2.05) is 30.0 Å². The van der Waals surface area contributed by atoms with Gasteiger partial charge in [0.05, 0.1) is 5.02 Å². The second-order valence-corrected chi connectivity index (χ2v) is 5.35. The number of benzene rings is 2. The SMILES string of the molecule is CCN(Cc1ccccc1)C(=S)Nc1ccc(F)c(Cl)c1. The minimum Gasteiger partial charge on any atom is -0.345 e. The van der Waals surface area contributed by atoms with Gasteiger partial charge in [-0.2, -0.15) is 0 Å². The smallest absolute Gasteiger partial charge is 0.173 e. The van der Waals surface area contributed by atoms with Crippen molar-refractivity contribution in [3.8, 4) is 0 Å². The lowest BCUT2D eigenvalue weighted by Gasteiger charge is -2.24. The molecule has 0 bridgehead atoms. The van der Waals surface area contributed by atoms with Crippen LogP contribution in [-0.2, 0) is 6.54 Å². The first kappa shape index (κ1) is 15.7. The van der Waals surface area contributed by atoms with Gasteiger partial charge in [0.2, 0.25) is 0 Å². The Morgan fingerprint density at radius 3 is 2.57 bits per heavy atom. The van der Waals surface area contributed by atoms with Gasteiger partial charge in [-0.3, -0.25) is 0 Å². The van der Waals surface area contributed by atoms with Crippen LogP contribution >= 0.6 is 23.8 Å². The summed E-state index contributed by atoms with van der Waals surface area (Å²) in [6, 6.07) is 14.6. The molecule has 0 aromatic heterocycles. The summed E-state index contributed by atoms with van der Waals surface area (Å²) in [5.74, 6) is -0.440. The molecule has 0 radical (unpaired) electrons. The number of nitrogens with zero attached hydrogens (tertiary/aromatic N) is 1. The van der Waals surface area contributed by atoms with Crippen LogP contribution in [0.4, 0.5) is 10.1 Å². The van der Waals surface area contributed by atoms with E-state index < -0.39 is 5.82 Å². The van der Waals surface area contributed by atoms with Gasteiger partial charge in [-0.05, 0) is 42.9 Å². The van der Waals surface area contributed by atoms with Crippen LogP contribution in [0.5, 0.6) is 0 Å². The third-order valence-electron chi connectivity index (χ3n) is 3.06. The monoisotopic (exact) mass is 322 g/mol. The summed E-state index contributed by atoms with van der Waals surface area (Å²) >= 11 is 11.2. The molecule has 0 heterocycles. The molecule has 2 rings (SSSR count). The Labute approximate surface area is 134 Å². The van der Waals surface area contributed by atoms with Crippen LogP contribution < -0.4 is 5.32 Å². The fourth-order valence-corrected chi connectivity index (χ4v) is 2.40. The summed E-state index contributed by atoms with van der Waals surface area (Å²) in [6.45, 7) is 3.53. The minimum absolute atomic E-state index is 0.0777. The van der Waals surface area contributed by atoms with Crippen LogP contribution in [0.1, 0.15) is 12.5 Å². The van der Waals surface area contributed by atoms with Gasteiger partial charge >= 0.3 is 0 Å². The molecule has 2 aromatic carbocycles. The zero-order valence-electron chi connectivity index (χ0n) is 11.6. The molecule has 0 amide bonds. The normalized spacial score (nSPS) is 10.2. The first-order valence-electron chi connectivity index (χ1n) is 6.65. The molecule has 110 valence electrons. The van der Waals surface area contributed by atoms with E-state index in [1.165, 1.54) is 17.7 Å². The Balaban J connectivity index is 2.04. The molecule has 21 heavy (non-hydrogen) atoms. The molecule has 0 aliphatic carbocycles. The van der Waals surface area contributed by atoms with Gasteiger partial charge in [-0.25, -0.2) is 4.39 Å².